The second-order valence-corrected chi connectivity index (χ2v) is 8.00. The highest BCUT2D eigenvalue weighted by molar-refractivity contribution is 14.0. The summed E-state index contributed by atoms with van der Waals surface area (Å²) in [5.74, 6) is 1.86. The number of morpholine rings is 1. The minimum atomic E-state index is 0. The standard InChI is InChI=1S/C23H37N7O.HI/c1-4-19(3)27-23(24-10-11-30-18-26-28-22(30)5-2)25-16-20-8-6-7-9-21(20)17-29-12-14-31-15-13-29;/h6-9,18-19H,4-5,10-17H2,1-3H3,(H2,24,25,27);1H. The molecule has 1 unspecified atom stereocenters. The normalized spacial score (nSPS) is 15.8. The number of ether oxygens (including phenoxy) is 1. The predicted molar refractivity (Wildman–Crippen MR) is 139 cm³/mol. The molecule has 2 heterocycles. The first-order valence-electron chi connectivity index (χ1n) is 11.5. The molecule has 8 nitrogen and oxygen atoms in total. The molecule has 1 saturated heterocycles. The van der Waals surface area contributed by atoms with E-state index in [9.17, 15) is 0 Å². The van der Waals surface area contributed by atoms with Crippen molar-refractivity contribution in [3.63, 3.8) is 0 Å². The van der Waals surface area contributed by atoms with Crippen LogP contribution in [0.15, 0.2) is 35.6 Å². The summed E-state index contributed by atoms with van der Waals surface area (Å²) < 4.78 is 7.57. The molecule has 1 aliphatic rings. The van der Waals surface area contributed by atoms with Crippen LogP contribution >= 0.6 is 24.0 Å². The summed E-state index contributed by atoms with van der Waals surface area (Å²) in [7, 11) is 0. The molecule has 0 radical (unpaired) electrons. The van der Waals surface area contributed by atoms with Crippen LogP contribution in [0.25, 0.3) is 0 Å². The molecule has 0 saturated carbocycles. The van der Waals surface area contributed by atoms with Gasteiger partial charge in [0.15, 0.2) is 5.96 Å². The van der Waals surface area contributed by atoms with Gasteiger partial charge in [0.05, 0.1) is 19.8 Å². The largest absolute Gasteiger partial charge is 0.379 e. The van der Waals surface area contributed by atoms with Crippen molar-refractivity contribution in [3.8, 4) is 0 Å². The lowest BCUT2D eigenvalue weighted by atomic mass is 10.1. The lowest BCUT2D eigenvalue weighted by Crippen LogP contribution is -2.43. The molecule has 32 heavy (non-hydrogen) atoms. The first-order chi connectivity index (χ1) is 15.2. The Morgan fingerprint density at radius 3 is 2.66 bits per heavy atom. The monoisotopic (exact) mass is 555 g/mol. The summed E-state index contributed by atoms with van der Waals surface area (Å²) >= 11 is 0. The SMILES string of the molecule is CCc1nncn1CCNC(=NCc1ccccc1CN1CCOCC1)NC(C)CC.I. The number of hydrogen-bond acceptors (Lipinski definition) is 5. The Labute approximate surface area is 209 Å². The molecule has 0 amide bonds. The molecule has 9 heteroatoms. The number of aliphatic imine (C=N–C) groups is 1. The van der Waals surface area contributed by atoms with E-state index in [-0.39, 0.29) is 24.0 Å². The number of guanidine groups is 1. The van der Waals surface area contributed by atoms with Crippen molar-refractivity contribution in [1.82, 2.24) is 30.3 Å². The van der Waals surface area contributed by atoms with Crippen molar-refractivity contribution >= 4 is 29.9 Å². The van der Waals surface area contributed by atoms with Gasteiger partial charge in [-0.05, 0) is 24.5 Å². The summed E-state index contributed by atoms with van der Waals surface area (Å²) in [6.45, 7) is 13.2. The summed E-state index contributed by atoms with van der Waals surface area (Å²) in [5.41, 5.74) is 2.61. The zero-order valence-corrected chi connectivity index (χ0v) is 21.9. The highest BCUT2D eigenvalue weighted by atomic mass is 127. The smallest absolute Gasteiger partial charge is 0.191 e. The van der Waals surface area contributed by atoms with Gasteiger partial charge >= 0.3 is 0 Å². The zero-order chi connectivity index (χ0) is 21.9. The van der Waals surface area contributed by atoms with E-state index in [1.165, 1.54) is 11.1 Å². The molecule has 0 aliphatic carbocycles. The van der Waals surface area contributed by atoms with Crippen LogP contribution in [0.5, 0.6) is 0 Å². The van der Waals surface area contributed by atoms with Gasteiger partial charge in [-0.1, -0.05) is 38.1 Å². The quantitative estimate of drug-likeness (QED) is 0.267. The van der Waals surface area contributed by atoms with Gasteiger partial charge in [-0.3, -0.25) is 4.90 Å². The molecule has 178 valence electrons. The van der Waals surface area contributed by atoms with Crippen molar-refractivity contribution in [2.45, 2.75) is 59.3 Å². The molecule has 1 atom stereocenters. The van der Waals surface area contributed by atoms with Crippen molar-refractivity contribution in [2.75, 3.05) is 32.8 Å². The van der Waals surface area contributed by atoms with Gasteiger partial charge in [-0.2, -0.15) is 0 Å². The van der Waals surface area contributed by atoms with E-state index >= 15 is 0 Å². The van der Waals surface area contributed by atoms with Crippen LogP contribution in [-0.4, -0.2) is 64.5 Å². The minimum Gasteiger partial charge on any atom is -0.379 e. The third-order valence-electron chi connectivity index (χ3n) is 5.68. The van der Waals surface area contributed by atoms with Crippen molar-refractivity contribution in [1.29, 1.82) is 0 Å². The highest BCUT2D eigenvalue weighted by Crippen LogP contribution is 2.14. The van der Waals surface area contributed by atoms with Crippen LogP contribution in [0.4, 0.5) is 0 Å². The number of nitrogens with one attached hydrogen (secondary N) is 2. The van der Waals surface area contributed by atoms with E-state index in [0.29, 0.717) is 12.6 Å². The Morgan fingerprint density at radius 2 is 1.94 bits per heavy atom. The molecule has 1 aromatic heterocycles. The van der Waals surface area contributed by atoms with Crippen LogP contribution in [0.2, 0.25) is 0 Å². The molecule has 1 aliphatic heterocycles. The van der Waals surface area contributed by atoms with E-state index in [4.69, 9.17) is 9.73 Å². The average Bonchev–Trinajstić information content (AvgIpc) is 3.26. The Morgan fingerprint density at radius 1 is 1.19 bits per heavy atom. The molecule has 1 fully saturated rings. The maximum atomic E-state index is 5.48. The minimum absolute atomic E-state index is 0. The predicted octanol–water partition coefficient (Wildman–Crippen LogP) is 2.82. The molecular formula is C23H38IN7O. The van der Waals surface area contributed by atoms with E-state index in [1.807, 2.05) is 0 Å². The highest BCUT2D eigenvalue weighted by Gasteiger charge is 2.13. The molecule has 1 aromatic carbocycles. The molecule has 2 N–H and O–H groups in total. The zero-order valence-electron chi connectivity index (χ0n) is 19.6. The summed E-state index contributed by atoms with van der Waals surface area (Å²) in [6.07, 6.45) is 3.72. The van der Waals surface area contributed by atoms with E-state index < -0.39 is 0 Å². The van der Waals surface area contributed by atoms with Gasteiger partial charge in [0.2, 0.25) is 0 Å². The maximum absolute atomic E-state index is 5.48. The van der Waals surface area contributed by atoms with Gasteiger partial charge in [0, 0.05) is 45.2 Å². The van der Waals surface area contributed by atoms with Crippen LogP contribution in [-0.2, 0) is 30.8 Å². The van der Waals surface area contributed by atoms with E-state index in [1.54, 1.807) is 6.33 Å². The average molecular weight is 556 g/mol. The second kappa shape index (κ2) is 14.4. The van der Waals surface area contributed by atoms with Gasteiger partial charge < -0.3 is 19.9 Å². The van der Waals surface area contributed by atoms with E-state index in [0.717, 1.165) is 70.6 Å². The third kappa shape index (κ3) is 8.32. The summed E-state index contributed by atoms with van der Waals surface area (Å²) in [6, 6.07) is 8.97. The Hall–Kier alpha value is -1.72. The number of nitrogens with zero attached hydrogens (tertiary/aromatic N) is 5. The van der Waals surface area contributed by atoms with Crippen LogP contribution in [0.1, 0.15) is 44.1 Å². The van der Waals surface area contributed by atoms with Crippen molar-refractivity contribution < 1.29 is 4.74 Å². The Kier molecular flexibility index (Phi) is 12.0. The fraction of sp³-hybridized carbons (Fsp3) is 0.609. The van der Waals surface area contributed by atoms with Crippen molar-refractivity contribution in [2.24, 2.45) is 4.99 Å². The first-order valence-corrected chi connectivity index (χ1v) is 11.5. The molecule has 0 bridgehead atoms. The van der Waals surface area contributed by atoms with E-state index in [2.05, 4.69) is 75.3 Å². The van der Waals surface area contributed by atoms with Crippen LogP contribution < -0.4 is 10.6 Å². The Balaban J connectivity index is 0.00000363. The number of hydrogen-bond donors (Lipinski definition) is 2. The fourth-order valence-electron chi connectivity index (χ4n) is 3.55. The number of aromatic nitrogens is 3. The van der Waals surface area contributed by atoms with Crippen LogP contribution in [0.3, 0.4) is 0 Å². The molecule has 0 spiro atoms. The maximum Gasteiger partial charge on any atom is 0.191 e. The summed E-state index contributed by atoms with van der Waals surface area (Å²) in [4.78, 5) is 7.36. The number of benzene rings is 1. The number of halogens is 1. The fourth-order valence-corrected chi connectivity index (χ4v) is 3.55. The third-order valence-corrected chi connectivity index (χ3v) is 5.68. The lowest BCUT2D eigenvalue weighted by molar-refractivity contribution is 0.0341. The molecular weight excluding hydrogens is 517 g/mol. The second-order valence-electron chi connectivity index (χ2n) is 8.00. The summed E-state index contributed by atoms with van der Waals surface area (Å²) in [5, 5.41) is 15.2. The van der Waals surface area contributed by atoms with Gasteiger partial charge in [-0.15, -0.1) is 34.2 Å². The number of aryl methyl sites for hydroxylation is 1. The molecule has 2 aromatic rings. The Bertz CT molecular complexity index is 820. The van der Waals surface area contributed by atoms with Crippen LogP contribution in [0, 0.1) is 0 Å². The van der Waals surface area contributed by atoms with Gasteiger partial charge in [0.1, 0.15) is 12.2 Å². The lowest BCUT2D eigenvalue weighted by Gasteiger charge is -2.27. The van der Waals surface area contributed by atoms with Gasteiger partial charge in [0.25, 0.3) is 0 Å². The van der Waals surface area contributed by atoms with Gasteiger partial charge in [-0.25, -0.2) is 4.99 Å². The molecule has 3 rings (SSSR count). The van der Waals surface area contributed by atoms with Crippen molar-refractivity contribution in [3.05, 3.63) is 47.5 Å². The number of rotatable bonds is 10. The first kappa shape index (κ1) is 26.5. The topological polar surface area (TPSA) is 79.6 Å².